The van der Waals surface area contributed by atoms with E-state index >= 15 is 0 Å². The summed E-state index contributed by atoms with van der Waals surface area (Å²) in [7, 11) is 0. The highest BCUT2D eigenvalue weighted by atomic mass is 16.5. The van der Waals surface area contributed by atoms with E-state index in [0.29, 0.717) is 11.8 Å². The van der Waals surface area contributed by atoms with Crippen LogP contribution in [0.15, 0.2) is 72.8 Å². The molecular weight excluding hydrogens is 328 g/mol. The van der Waals surface area contributed by atoms with Crippen molar-refractivity contribution in [3.05, 3.63) is 84.0 Å². The van der Waals surface area contributed by atoms with Gasteiger partial charge in [-0.1, -0.05) is 74.5 Å². The van der Waals surface area contributed by atoms with E-state index in [2.05, 4.69) is 101 Å². The van der Waals surface area contributed by atoms with Gasteiger partial charge < -0.3 is 4.74 Å². The second-order valence-electron chi connectivity index (χ2n) is 7.40. The van der Waals surface area contributed by atoms with Gasteiger partial charge in [-0.15, -0.1) is 0 Å². The van der Waals surface area contributed by atoms with Crippen molar-refractivity contribution >= 4 is 0 Å². The van der Waals surface area contributed by atoms with Crippen molar-refractivity contribution in [3.63, 3.8) is 0 Å². The molecule has 2 aromatic carbocycles. The molecular formula is C26H34O. The van der Waals surface area contributed by atoms with Gasteiger partial charge in [0.1, 0.15) is 11.5 Å². The molecule has 0 saturated carbocycles. The molecule has 0 heterocycles. The number of aryl methyl sites for hydroxylation is 2. The van der Waals surface area contributed by atoms with Crippen LogP contribution in [-0.2, 0) is 12.8 Å². The number of hydrogen-bond donors (Lipinski definition) is 0. The van der Waals surface area contributed by atoms with Crippen molar-refractivity contribution in [2.45, 2.75) is 53.4 Å². The molecule has 144 valence electrons. The standard InChI is InChI=1S/C26H34O/c1-5-11-21(3)17-19-23-13-7-9-15-25(23)27-26-16-10-8-14-24(26)20-18-22(4)12-6-2/h5-16,21-22H,17-20H2,1-4H3. The van der Waals surface area contributed by atoms with Crippen LogP contribution in [-0.4, -0.2) is 0 Å². The van der Waals surface area contributed by atoms with E-state index < -0.39 is 0 Å². The van der Waals surface area contributed by atoms with Gasteiger partial charge in [-0.25, -0.2) is 0 Å². The molecule has 0 aliphatic rings. The Morgan fingerprint density at radius 1 is 0.704 bits per heavy atom. The monoisotopic (exact) mass is 362 g/mol. The summed E-state index contributed by atoms with van der Waals surface area (Å²) >= 11 is 0. The maximum atomic E-state index is 6.39. The highest BCUT2D eigenvalue weighted by Crippen LogP contribution is 2.30. The minimum Gasteiger partial charge on any atom is -0.457 e. The quantitative estimate of drug-likeness (QED) is 0.392. The van der Waals surface area contributed by atoms with E-state index in [9.17, 15) is 0 Å². The first-order valence-corrected chi connectivity index (χ1v) is 10.2. The Bertz CT molecular complexity index is 678. The fourth-order valence-electron chi connectivity index (χ4n) is 3.35. The zero-order chi connectivity index (χ0) is 19.5. The van der Waals surface area contributed by atoms with Gasteiger partial charge in [0.25, 0.3) is 0 Å². The molecule has 2 rings (SSSR count). The Kier molecular flexibility index (Phi) is 8.91. The zero-order valence-electron chi connectivity index (χ0n) is 17.3. The van der Waals surface area contributed by atoms with Gasteiger partial charge in [-0.3, -0.25) is 0 Å². The topological polar surface area (TPSA) is 9.23 Å². The SMILES string of the molecule is CC=CC(C)CCc1ccccc1Oc1ccccc1CCC(C)C=CC. The average Bonchev–Trinajstić information content (AvgIpc) is 2.67. The van der Waals surface area contributed by atoms with E-state index in [1.54, 1.807) is 0 Å². The molecule has 0 saturated heterocycles. The van der Waals surface area contributed by atoms with Gasteiger partial charge in [0, 0.05) is 0 Å². The molecule has 1 nitrogen and oxygen atoms in total. The van der Waals surface area contributed by atoms with Crippen molar-refractivity contribution in [3.8, 4) is 11.5 Å². The molecule has 0 radical (unpaired) electrons. The van der Waals surface area contributed by atoms with E-state index in [4.69, 9.17) is 4.74 Å². The number of allylic oxidation sites excluding steroid dienone is 4. The van der Waals surface area contributed by atoms with Crippen LogP contribution in [0.5, 0.6) is 11.5 Å². The van der Waals surface area contributed by atoms with Gasteiger partial charge in [0.2, 0.25) is 0 Å². The lowest BCUT2D eigenvalue weighted by Gasteiger charge is -2.15. The zero-order valence-corrected chi connectivity index (χ0v) is 17.3. The van der Waals surface area contributed by atoms with Gasteiger partial charge in [-0.05, 0) is 74.6 Å². The summed E-state index contributed by atoms with van der Waals surface area (Å²) in [5.41, 5.74) is 2.57. The summed E-state index contributed by atoms with van der Waals surface area (Å²) in [5.74, 6) is 3.14. The molecule has 0 aromatic heterocycles. The number of rotatable bonds is 10. The molecule has 2 unspecified atom stereocenters. The Morgan fingerprint density at radius 3 is 1.52 bits per heavy atom. The normalized spacial score (nSPS) is 13.9. The fourth-order valence-corrected chi connectivity index (χ4v) is 3.35. The van der Waals surface area contributed by atoms with Gasteiger partial charge in [0.15, 0.2) is 0 Å². The Hall–Kier alpha value is -2.28. The highest BCUT2D eigenvalue weighted by molar-refractivity contribution is 5.41. The lowest BCUT2D eigenvalue weighted by Crippen LogP contribution is -1.99. The summed E-state index contributed by atoms with van der Waals surface area (Å²) in [6.07, 6.45) is 13.1. The van der Waals surface area contributed by atoms with Crippen LogP contribution in [0.4, 0.5) is 0 Å². The summed E-state index contributed by atoms with van der Waals surface area (Å²) in [5, 5.41) is 0. The molecule has 0 aliphatic carbocycles. The summed E-state index contributed by atoms with van der Waals surface area (Å²) in [6.45, 7) is 8.71. The molecule has 0 spiro atoms. The van der Waals surface area contributed by atoms with Crippen LogP contribution in [0.3, 0.4) is 0 Å². The maximum Gasteiger partial charge on any atom is 0.130 e. The van der Waals surface area contributed by atoms with Crippen molar-refractivity contribution in [2.75, 3.05) is 0 Å². The molecule has 27 heavy (non-hydrogen) atoms. The smallest absolute Gasteiger partial charge is 0.130 e. The first-order valence-electron chi connectivity index (χ1n) is 10.2. The third kappa shape index (κ3) is 7.09. The minimum absolute atomic E-state index is 0.587. The second-order valence-corrected chi connectivity index (χ2v) is 7.40. The molecule has 0 N–H and O–H groups in total. The lowest BCUT2D eigenvalue weighted by molar-refractivity contribution is 0.464. The van der Waals surface area contributed by atoms with Crippen molar-refractivity contribution in [1.82, 2.24) is 0 Å². The minimum atomic E-state index is 0.587. The van der Waals surface area contributed by atoms with Crippen molar-refractivity contribution in [1.29, 1.82) is 0 Å². The summed E-state index contributed by atoms with van der Waals surface area (Å²) in [6, 6.07) is 16.9. The van der Waals surface area contributed by atoms with Crippen LogP contribution in [0.25, 0.3) is 0 Å². The van der Waals surface area contributed by atoms with Gasteiger partial charge in [0.05, 0.1) is 0 Å². The van der Waals surface area contributed by atoms with Gasteiger partial charge in [-0.2, -0.15) is 0 Å². The van der Waals surface area contributed by atoms with E-state index in [1.165, 1.54) is 11.1 Å². The molecule has 0 aliphatic heterocycles. The molecule has 2 atom stereocenters. The summed E-state index contributed by atoms with van der Waals surface area (Å²) in [4.78, 5) is 0. The summed E-state index contributed by atoms with van der Waals surface area (Å²) < 4.78 is 6.39. The van der Waals surface area contributed by atoms with Crippen LogP contribution in [0, 0.1) is 11.8 Å². The predicted molar refractivity (Wildman–Crippen MR) is 118 cm³/mol. The van der Waals surface area contributed by atoms with Crippen molar-refractivity contribution in [2.24, 2.45) is 11.8 Å². The fraction of sp³-hybridized carbons (Fsp3) is 0.385. The Morgan fingerprint density at radius 2 is 1.11 bits per heavy atom. The second kappa shape index (κ2) is 11.4. The number of para-hydroxylation sites is 2. The molecule has 0 bridgehead atoms. The Balaban J connectivity index is 2.11. The van der Waals surface area contributed by atoms with Crippen LogP contribution < -0.4 is 4.74 Å². The van der Waals surface area contributed by atoms with Crippen LogP contribution in [0.2, 0.25) is 0 Å². The first-order chi connectivity index (χ1) is 13.1. The molecule has 0 fully saturated rings. The molecule has 2 aromatic rings. The maximum absolute atomic E-state index is 6.39. The predicted octanol–water partition coefficient (Wildman–Crippen LogP) is 7.77. The van der Waals surface area contributed by atoms with E-state index in [-0.39, 0.29) is 0 Å². The third-order valence-electron chi connectivity index (χ3n) is 4.95. The third-order valence-corrected chi connectivity index (χ3v) is 4.95. The van der Waals surface area contributed by atoms with Crippen LogP contribution >= 0.6 is 0 Å². The average molecular weight is 363 g/mol. The molecule has 0 amide bonds. The van der Waals surface area contributed by atoms with Crippen LogP contribution in [0.1, 0.15) is 51.7 Å². The lowest BCUT2D eigenvalue weighted by atomic mass is 9.99. The van der Waals surface area contributed by atoms with E-state index in [1.807, 2.05) is 0 Å². The highest BCUT2D eigenvalue weighted by Gasteiger charge is 2.10. The number of hydrogen-bond acceptors (Lipinski definition) is 1. The first kappa shape index (κ1) is 21.0. The number of benzene rings is 2. The largest absolute Gasteiger partial charge is 0.457 e. The van der Waals surface area contributed by atoms with E-state index in [0.717, 1.165) is 37.2 Å². The molecule has 1 heteroatoms. The number of ether oxygens (including phenoxy) is 1. The Labute approximate surface area is 165 Å². The van der Waals surface area contributed by atoms with Crippen molar-refractivity contribution < 1.29 is 4.74 Å². The van der Waals surface area contributed by atoms with Gasteiger partial charge >= 0.3 is 0 Å².